The number of hydrogen-bond donors (Lipinski definition) is 0. The highest BCUT2D eigenvalue weighted by atomic mass is 14.9. The lowest BCUT2D eigenvalue weighted by atomic mass is 9.85. The van der Waals surface area contributed by atoms with Crippen molar-refractivity contribution in [1.29, 1.82) is 0 Å². The predicted molar refractivity (Wildman–Crippen MR) is 71.0 cm³/mol. The van der Waals surface area contributed by atoms with E-state index in [4.69, 9.17) is 0 Å². The van der Waals surface area contributed by atoms with Crippen molar-refractivity contribution in [2.45, 2.75) is 38.0 Å². The monoisotopic (exact) mass is 226 g/mol. The van der Waals surface area contributed by atoms with Crippen LogP contribution in [0.3, 0.4) is 0 Å². The van der Waals surface area contributed by atoms with Gasteiger partial charge in [-0.15, -0.1) is 0 Å². The molecular formula is C16H20N+. The highest BCUT2D eigenvalue weighted by Crippen LogP contribution is 2.34. The number of hydrogen-bond acceptors (Lipinski definition) is 0. The maximum Gasteiger partial charge on any atom is 0.192 e. The van der Waals surface area contributed by atoms with Crippen LogP contribution in [0, 0.1) is 0 Å². The molecule has 1 aromatic heterocycles. The molecule has 0 saturated heterocycles. The molecule has 1 aliphatic rings. The van der Waals surface area contributed by atoms with E-state index in [2.05, 4.69) is 48.1 Å². The number of aryl methyl sites for hydroxylation is 1. The van der Waals surface area contributed by atoms with Crippen molar-refractivity contribution >= 4 is 10.8 Å². The molecule has 0 radical (unpaired) electrons. The molecule has 0 unspecified atom stereocenters. The van der Waals surface area contributed by atoms with Crippen LogP contribution in [0.15, 0.2) is 36.5 Å². The number of pyridine rings is 1. The molecule has 3 rings (SSSR count). The Morgan fingerprint density at radius 2 is 1.76 bits per heavy atom. The first-order valence-electron chi connectivity index (χ1n) is 6.73. The number of nitrogens with zero attached hydrogens (tertiary/aromatic N) is 1. The van der Waals surface area contributed by atoms with E-state index in [0.29, 0.717) is 0 Å². The first kappa shape index (κ1) is 10.8. The third-order valence-corrected chi connectivity index (χ3v) is 4.09. The Morgan fingerprint density at radius 1 is 1.00 bits per heavy atom. The van der Waals surface area contributed by atoms with E-state index >= 15 is 0 Å². The Bertz CT molecular complexity index is 524. The van der Waals surface area contributed by atoms with Crippen molar-refractivity contribution in [1.82, 2.24) is 0 Å². The maximum absolute atomic E-state index is 2.33. The van der Waals surface area contributed by atoms with Crippen LogP contribution in [0.4, 0.5) is 0 Å². The van der Waals surface area contributed by atoms with Crippen LogP contribution in [-0.4, -0.2) is 0 Å². The molecule has 0 spiro atoms. The van der Waals surface area contributed by atoms with Gasteiger partial charge in [-0.3, -0.25) is 0 Å². The van der Waals surface area contributed by atoms with Gasteiger partial charge in [0.15, 0.2) is 11.9 Å². The minimum Gasteiger partial charge on any atom is -0.204 e. The van der Waals surface area contributed by atoms with E-state index in [1.165, 1.54) is 42.9 Å². The Balaban J connectivity index is 2.15. The molecular weight excluding hydrogens is 206 g/mol. The van der Waals surface area contributed by atoms with Crippen LogP contribution in [0.1, 0.15) is 43.7 Å². The van der Waals surface area contributed by atoms with E-state index in [1.54, 1.807) is 5.69 Å². The summed E-state index contributed by atoms with van der Waals surface area (Å²) < 4.78 is 2.33. The fraction of sp³-hybridized carbons (Fsp3) is 0.438. The second kappa shape index (κ2) is 4.48. The second-order valence-electron chi connectivity index (χ2n) is 5.23. The number of rotatable bonds is 1. The summed E-state index contributed by atoms with van der Waals surface area (Å²) in [6.07, 6.45) is 9.16. The molecule has 1 aliphatic carbocycles. The van der Waals surface area contributed by atoms with Crippen LogP contribution >= 0.6 is 0 Å². The van der Waals surface area contributed by atoms with E-state index in [1.807, 2.05) is 0 Å². The summed E-state index contributed by atoms with van der Waals surface area (Å²) in [6.45, 7) is 0. The van der Waals surface area contributed by atoms with Crippen molar-refractivity contribution in [2.24, 2.45) is 7.05 Å². The molecule has 0 N–H and O–H groups in total. The molecule has 0 amide bonds. The first-order chi connectivity index (χ1) is 8.36. The highest BCUT2D eigenvalue weighted by molar-refractivity contribution is 5.83. The molecule has 1 heteroatoms. The van der Waals surface area contributed by atoms with Gasteiger partial charge >= 0.3 is 0 Å². The lowest BCUT2D eigenvalue weighted by Gasteiger charge is -2.20. The zero-order chi connectivity index (χ0) is 11.7. The van der Waals surface area contributed by atoms with E-state index in [0.717, 1.165) is 5.92 Å². The van der Waals surface area contributed by atoms with Gasteiger partial charge in [0.2, 0.25) is 0 Å². The quantitative estimate of drug-likeness (QED) is 0.653. The molecule has 0 aliphatic heterocycles. The minimum atomic E-state index is 0.764. The standard InChI is InChI=1S/C16H20N/c1-17-12-11-13-7-5-6-10-15(13)16(17)14-8-3-2-4-9-14/h5-7,10-12,14H,2-4,8-9H2,1H3/q+1. The third kappa shape index (κ3) is 1.95. The van der Waals surface area contributed by atoms with Gasteiger partial charge < -0.3 is 0 Å². The fourth-order valence-electron chi connectivity index (χ4n) is 3.22. The molecule has 1 nitrogen and oxygen atoms in total. The lowest BCUT2D eigenvalue weighted by molar-refractivity contribution is -0.679. The van der Waals surface area contributed by atoms with Gasteiger partial charge in [-0.2, -0.15) is 0 Å². The summed E-state index contributed by atoms with van der Waals surface area (Å²) in [7, 11) is 2.19. The van der Waals surface area contributed by atoms with E-state index in [9.17, 15) is 0 Å². The van der Waals surface area contributed by atoms with Gasteiger partial charge in [0.05, 0.1) is 0 Å². The summed E-state index contributed by atoms with van der Waals surface area (Å²) in [5.74, 6) is 0.764. The van der Waals surface area contributed by atoms with Gasteiger partial charge in [0.1, 0.15) is 7.05 Å². The molecule has 0 atom stereocenters. The summed E-state index contributed by atoms with van der Waals surface area (Å²) in [4.78, 5) is 0. The number of fused-ring (bicyclic) bond motifs is 1. The first-order valence-corrected chi connectivity index (χ1v) is 6.73. The molecule has 0 bridgehead atoms. The smallest absolute Gasteiger partial charge is 0.192 e. The van der Waals surface area contributed by atoms with Gasteiger partial charge in [0, 0.05) is 17.4 Å². The topological polar surface area (TPSA) is 3.88 Å². The summed E-state index contributed by atoms with van der Waals surface area (Å²) in [5, 5.41) is 2.83. The molecule has 1 aromatic carbocycles. The average molecular weight is 226 g/mol. The number of aromatic nitrogens is 1. The third-order valence-electron chi connectivity index (χ3n) is 4.09. The summed E-state index contributed by atoms with van der Waals surface area (Å²) in [6, 6.07) is 11.0. The molecule has 1 heterocycles. The molecule has 1 saturated carbocycles. The van der Waals surface area contributed by atoms with Crippen LogP contribution in [0.5, 0.6) is 0 Å². The molecule has 88 valence electrons. The number of benzene rings is 1. The Morgan fingerprint density at radius 3 is 2.59 bits per heavy atom. The van der Waals surface area contributed by atoms with Crippen LogP contribution in [0.25, 0.3) is 10.8 Å². The summed E-state index contributed by atoms with van der Waals surface area (Å²) >= 11 is 0. The summed E-state index contributed by atoms with van der Waals surface area (Å²) in [5.41, 5.74) is 1.54. The van der Waals surface area contributed by atoms with Crippen molar-refractivity contribution < 1.29 is 4.57 Å². The Labute approximate surface area is 103 Å². The van der Waals surface area contributed by atoms with E-state index < -0.39 is 0 Å². The van der Waals surface area contributed by atoms with Gasteiger partial charge in [-0.05, 0) is 24.3 Å². The zero-order valence-electron chi connectivity index (χ0n) is 10.5. The normalized spacial score (nSPS) is 17.5. The molecule has 1 fully saturated rings. The van der Waals surface area contributed by atoms with Crippen LogP contribution in [0.2, 0.25) is 0 Å². The maximum atomic E-state index is 2.33. The molecule has 17 heavy (non-hydrogen) atoms. The van der Waals surface area contributed by atoms with Crippen molar-refractivity contribution in [3.05, 3.63) is 42.2 Å². The van der Waals surface area contributed by atoms with Crippen molar-refractivity contribution in [3.8, 4) is 0 Å². The van der Waals surface area contributed by atoms with Gasteiger partial charge in [0.25, 0.3) is 0 Å². The van der Waals surface area contributed by atoms with Crippen LogP contribution < -0.4 is 4.57 Å². The van der Waals surface area contributed by atoms with E-state index in [-0.39, 0.29) is 0 Å². The Hall–Kier alpha value is -1.37. The largest absolute Gasteiger partial charge is 0.204 e. The van der Waals surface area contributed by atoms with Crippen molar-refractivity contribution in [2.75, 3.05) is 0 Å². The van der Waals surface area contributed by atoms with Crippen molar-refractivity contribution in [3.63, 3.8) is 0 Å². The van der Waals surface area contributed by atoms with Gasteiger partial charge in [-0.25, -0.2) is 4.57 Å². The SMILES string of the molecule is C[n+]1ccc2ccccc2c1C1CCCCC1. The van der Waals surface area contributed by atoms with Gasteiger partial charge in [-0.1, -0.05) is 37.5 Å². The minimum absolute atomic E-state index is 0.764. The predicted octanol–water partition coefficient (Wildman–Crippen LogP) is 3.71. The fourth-order valence-corrected chi connectivity index (χ4v) is 3.22. The average Bonchev–Trinajstić information content (AvgIpc) is 2.39. The molecule has 2 aromatic rings. The van der Waals surface area contributed by atoms with Crippen LogP contribution in [-0.2, 0) is 7.05 Å². The Kier molecular flexibility index (Phi) is 2.84. The second-order valence-corrected chi connectivity index (χ2v) is 5.23. The zero-order valence-corrected chi connectivity index (χ0v) is 10.5. The lowest BCUT2D eigenvalue weighted by Crippen LogP contribution is -2.35. The highest BCUT2D eigenvalue weighted by Gasteiger charge is 2.24.